The minimum Gasteiger partial charge on any atom is -0.325 e. The van der Waals surface area contributed by atoms with Crippen molar-refractivity contribution in [3.8, 4) is 0 Å². The van der Waals surface area contributed by atoms with Gasteiger partial charge in [-0.3, -0.25) is 14.5 Å². The Morgan fingerprint density at radius 2 is 2.00 bits per heavy atom. The first-order valence-electron chi connectivity index (χ1n) is 7.66. The minimum atomic E-state index is -0.526. The van der Waals surface area contributed by atoms with Gasteiger partial charge in [-0.1, -0.05) is 47.6 Å². The first-order chi connectivity index (χ1) is 12.0. The van der Waals surface area contributed by atoms with E-state index in [9.17, 15) is 9.59 Å². The van der Waals surface area contributed by atoms with Crippen molar-refractivity contribution in [1.82, 2.24) is 4.90 Å². The predicted molar refractivity (Wildman–Crippen MR) is 102 cm³/mol. The lowest BCUT2D eigenvalue weighted by Crippen LogP contribution is -2.43. The number of para-hydroxylation sites is 1. The van der Waals surface area contributed by atoms with Gasteiger partial charge in [0.05, 0.1) is 5.69 Å². The molecule has 1 N–H and O–H groups in total. The van der Waals surface area contributed by atoms with Crippen molar-refractivity contribution in [2.45, 2.75) is 11.7 Å². The molecule has 0 saturated carbocycles. The standard InChI is InChI=1S/C18H16ClN3O2S/c1-22-16(23)11-15(17(24)20-13-7-3-2-4-8-13)25-18(22)21-14-9-5-6-12(19)10-14/h2-10,15H,11H2,1H3,(H,20,24)/t15-/m0/s1. The average Bonchev–Trinajstić information content (AvgIpc) is 2.59. The molecule has 0 aliphatic carbocycles. The second-order valence-electron chi connectivity index (χ2n) is 5.49. The van der Waals surface area contributed by atoms with E-state index >= 15 is 0 Å². The summed E-state index contributed by atoms with van der Waals surface area (Å²) in [5, 5.41) is 3.35. The quantitative estimate of drug-likeness (QED) is 0.886. The van der Waals surface area contributed by atoms with Crippen LogP contribution in [0.25, 0.3) is 0 Å². The van der Waals surface area contributed by atoms with Crippen molar-refractivity contribution < 1.29 is 9.59 Å². The van der Waals surface area contributed by atoms with E-state index in [1.165, 1.54) is 16.7 Å². The molecule has 0 radical (unpaired) electrons. The fraction of sp³-hybridized carbons (Fsp3) is 0.167. The van der Waals surface area contributed by atoms with Crippen LogP contribution in [0.3, 0.4) is 0 Å². The van der Waals surface area contributed by atoms with Crippen molar-refractivity contribution in [1.29, 1.82) is 0 Å². The third-order valence-electron chi connectivity index (χ3n) is 3.64. The molecule has 2 amide bonds. The smallest absolute Gasteiger partial charge is 0.238 e. The van der Waals surface area contributed by atoms with Crippen LogP contribution >= 0.6 is 23.4 Å². The lowest BCUT2D eigenvalue weighted by molar-refractivity contribution is -0.128. The summed E-state index contributed by atoms with van der Waals surface area (Å²) in [6.07, 6.45) is 0.133. The number of nitrogens with one attached hydrogen (secondary N) is 1. The van der Waals surface area contributed by atoms with Gasteiger partial charge in [0.1, 0.15) is 5.25 Å². The molecule has 128 valence electrons. The Bertz CT molecular complexity index is 826. The van der Waals surface area contributed by atoms with E-state index in [0.29, 0.717) is 21.6 Å². The molecular weight excluding hydrogens is 358 g/mol. The minimum absolute atomic E-state index is 0.133. The van der Waals surface area contributed by atoms with Gasteiger partial charge in [-0.2, -0.15) is 0 Å². The number of amides is 2. The molecule has 0 unspecified atom stereocenters. The van der Waals surface area contributed by atoms with Crippen LogP contribution in [0.15, 0.2) is 59.6 Å². The number of aliphatic imine (C=N–C) groups is 1. The summed E-state index contributed by atoms with van der Waals surface area (Å²) in [6, 6.07) is 16.2. The van der Waals surface area contributed by atoms with Crippen LogP contribution in [0.4, 0.5) is 11.4 Å². The maximum absolute atomic E-state index is 12.5. The van der Waals surface area contributed by atoms with Gasteiger partial charge < -0.3 is 5.32 Å². The highest BCUT2D eigenvalue weighted by Crippen LogP contribution is 2.29. The number of anilines is 1. The predicted octanol–water partition coefficient (Wildman–Crippen LogP) is 3.93. The van der Waals surface area contributed by atoms with Gasteiger partial charge in [-0.15, -0.1) is 0 Å². The van der Waals surface area contributed by atoms with Crippen molar-refractivity contribution in [3.05, 3.63) is 59.6 Å². The summed E-state index contributed by atoms with van der Waals surface area (Å²) in [5.74, 6) is -0.357. The molecule has 1 saturated heterocycles. The van der Waals surface area contributed by atoms with E-state index in [1.807, 2.05) is 18.2 Å². The fourth-order valence-corrected chi connectivity index (χ4v) is 3.55. The normalized spacial score (nSPS) is 19.1. The van der Waals surface area contributed by atoms with Crippen molar-refractivity contribution in [2.24, 2.45) is 4.99 Å². The molecule has 1 heterocycles. The van der Waals surface area contributed by atoms with Gasteiger partial charge in [0.2, 0.25) is 11.8 Å². The third kappa shape index (κ3) is 4.41. The summed E-state index contributed by atoms with van der Waals surface area (Å²) in [4.78, 5) is 30.7. The molecule has 7 heteroatoms. The lowest BCUT2D eigenvalue weighted by Gasteiger charge is -2.28. The van der Waals surface area contributed by atoms with E-state index in [2.05, 4.69) is 10.3 Å². The molecule has 1 fully saturated rings. The Balaban J connectivity index is 1.78. The average molecular weight is 374 g/mol. The number of rotatable bonds is 3. The number of amidine groups is 1. The summed E-state index contributed by atoms with van der Waals surface area (Å²) in [6.45, 7) is 0. The molecule has 0 bridgehead atoms. The molecule has 0 aromatic heterocycles. The fourth-order valence-electron chi connectivity index (χ4n) is 2.30. The van der Waals surface area contributed by atoms with E-state index < -0.39 is 5.25 Å². The van der Waals surface area contributed by atoms with Crippen LogP contribution in [0.1, 0.15) is 6.42 Å². The summed E-state index contributed by atoms with van der Waals surface area (Å²) in [5.41, 5.74) is 1.34. The van der Waals surface area contributed by atoms with E-state index in [1.54, 1.807) is 43.4 Å². The number of carbonyl (C=O) groups is 2. The van der Waals surface area contributed by atoms with Crippen LogP contribution < -0.4 is 5.32 Å². The van der Waals surface area contributed by atoms with Crippen molar-refractivity contribution in [3.63, 3.8) is 0 Å². The Labute approximate surface area is 155 Å². The Hall–Kier alpha value is -2.31. The van der Waals surface area contributed by atoms with Gasteiger partial charge in [0.15, 0.2) is 5.17 Å². The van der Waals surface area contributed by atoms with Gasteiger partial charge >= 0.3 is 0 Å². The molecule has 1 aliphatic heterocycles. The highest BCUT2D eigenvalue weighted by atomic mass is 35.5. The first-order valence-corrected chi connectivity index (χ1v) is 8.92. The summed E-state index contributed by atoms with van der Waals surface area (Å²) >= 11 is 7.25. The topological polar surface area (TPSA) is 61.8 Å². The van der Waals surface area contributed by atoms with E-state index in [0.717, 1.165) is 0 Å². The highest BCUT2D eigenvalue weighted by molar-refractivity contribution is 8.15. The van der Waals surface area contributed by atoms with Crippen LogP contribution in [-0.4, -0.2) is 34.2 Å². The first kappa shape index (κ1) is 17.5. The highest BCUT2D eigenvalue weighted by Gasteiger charge is 2.34. The van der Waals surface area contributed by atoms with Gasteiger partial charge in [0, 0.05) is 24.2 Å². The zero-order chi connectivity index (χ0) is 17.8. The molecule has 0 spiro atoms. The Kier molecular flexibility index (Phi) is 5.40. The SMILES string of the molecule is CN1C(=O)C[C@@H](C(=O)Nc2ccccc2)SC1=Nc1cccc(Cl)c1. The number of hydrogen-bond acceptors (Lipinski definition) is 4. The molecule has 3 rings (SSSR count). The van der Waals surface area contributed by atoms with Crippen molar-refractivity contribution in [2.75, 3.05) is 12.4 Å². The van der Waals surface area contributed by atoms with E-state index in [4.69, 9.17) is 11.6 Å². The molecule has 5 nitrogen and oxygen atoms in total. The number of thioether (sulfide) groups is 1. The van der Waals surface area contributed by atoms with Gasteiger partial charge in [-0.25, -0.2) is 4.99 Å². The number of nitrogens with zero attached hydrogens (tertiary/aromatic N) is 2. The molecule has 2 aromatic rings. The molecule has 25 heavy (non-hydrogen) atoms. The third-order valence-corrected chi connectivity index (χ3v) is 5.11. The molecule has 2 aromatic carbocycles. The zero-order valence-corrected chi connectivity index (χ0v) is 15.1. The van der Waals surface area contributed by atoms with Crippen LogP contribution in [0.5, 0.6) is 0 Å². The van der Waals surface area contributed by atoms with Crippen LogP contribution in [0.2, 0.25) is 5.02 Å². The molecular formula is C18H16ClN3O2S. The van der Waals surface area contributed by atoms with E-state index in [-0.39, 0.29) is 18.2 Å². The second-order valence-corrected chi connectivity index (χ2v) is 7.10. The monoisotopic (exact) mass is 373 g/mol. The van der Waals surface area contributed by atoms with Gasteiger partial charge in [0.25, 0.3) is 0 Å². The number of halogens is 1. The largest absolute Gasteiger partial charge is 0.325 e. The van der Waals surface area contributed by atoms with Crippen LogP contribution in [-0.2, 0) is 9.59 Å². The maximum atomic E-state index is 12.5. The Morgan fingerprint density at radius 3 is 2.72 bits per heavy atom. The van der Waals surface area contributed by atoms with Gasteiger partial charge in [-0.05, 0) is 30.3 Å². The number of carbonyl (C=O) groups excluding carboxylic acids is 2. The number of hydrogen-bond donors (Lipinski definition) is 1. The maximum Gasteiger partial charge on any atom is 0.238 e. The number of benzene rings is 2. The molecule has 1 aliphatic rings. The second kappa shape index (κ2) is 7.72. The summed E-state index contributed by atoms with van der Waals surface area (Å²) in [7, 11) is 1.66. The summed E-state index contributed by atoms with van der Waals surface area (Å²) < 4.78 is 0. The lowest BCUT2D eigenvalue weighted by atomic mass is 10.2. The van der Waals surface area contributed by atoms with Crippen molar-refractivity contribution >= 4 is 51.7 Å². The molecule has 1 atom stereocenters. The Morgan fingerprint density at radius 1 is 1.24 bits per heavy atom. The zero-order valence-electron chi connectivity index (χ0n) is 13.5. The van der Waals surface area contributed by atoms with Crippen LogP contribution in [0, 0.1) is 0 Å².